The summed E-state index contributed by atoms with van der Waals surface area (Å²) >= 11 is 0. The third-order valence-corrected chi connectivity index (χ3v) is 3.54. The predicted octanol–water partition coefficient (Wildman–Crippen LogP) is 2.84. The largest absolute Gasteiger partial charge is 0.399 e. The first kappa shape index (κ1) is 13.2. The lowest BCUT2D eigenvalue weighted by Crippen LogP contribution is -2.11. The van der Waals surface area contributed by atoms with E-state index in [1.165, 1.54) is 0 Å². The molecule has 0 aliphatic rings. The summed E-state index contributed by atoms with van der Waals surface area (Å²) in [5, 5.41) is 1.61. The number of H-pyrrole nitrogens is 1. The van der Waals surface area contributed by atoms with Gasteiger partial charge in [0.15, 0.2) is 0 Å². The molecule has 0 aliphatic heterocycles. The SMILES string of the molecule is CN(C)c1ccc2cc(-c3cccc(N)c3)[nH]c(=O)c2c1. The van der Waals surface area contributed by atoms with Crippen molar-refractivity contribution in [3.8, 4) is 11.3 Å². The van der Waals surface area contributed by atoms with Crippen molar-refractivity contribution in [3.05, 3.63) is 58.9 Å². The molecule has 1 aromatic heterocycles. The van der Waals surface area contributed by atoms with Crippen LogP contribution in [-0.2, 0) is 0 Å². The first-order valence-electron chi connectivity index (χ1n) is 6.75. The van der Waals surface area contributed by atoms with E-state index in [0.29, 0.717) is 11.1 Å². The zero-order valence-electron chi connectivity index (χ0n) is 12.1. The highest BCUT2D eigenvalue weighted by molar-refractivity contribution is 5.88. The van der Waals surface area contributed by atoms with Crippen molar-refractivity contribution < 1.29 is 0 Å². The van der Waals surface area contributed by atoms with E-state index in [9.17, 15) is 4.79 Å². The first-order chi connectivity index (χ1) is 10.0. The summed E-state index contributed by atoms with van der Waals surface area (Å²) in [4.78, 5) is 17.2. The van der Waals surface area contributed by atoms with Crippen LogP contribution in [0.25, 0.3) is 22.0 Å². The third kappa shape index (κ3) is 2.48. The number of hydrogen-bond donors (Lipinski definition) is 2. The monoisotopic (exact) mass is 279 g/mol. The molecule has 21 heavy (non-hydrogen) atoms. The first-order valence-corrected chi connectivity index (χ1v) is 6.75. The summed E-state index contributed by atoms with van der Waals surface area (Å²) < 4.78 is 0. The Balaban J connectivity index is 2.20. The Labute approximate surface area is 122 Å². The smallest absolute Gasteiger partial charge is 0.256 e. The Bertz CT molecular complexity index is 865. The summed E-state index contributed by atoms with van der Waals surface area (Å²) in [5.41, 5.74) is 9.08. The highest BCUT2D eigenvalue weighted by Crippen LogP contribution is 2.23. The number of rotatable bonds is 2. The lowest BCUT2D eigenvalue weighted by molar-refractivity contribution is 1.13. The van der Waals surface area contributed by atoms with Gasteiger partial charge in [-0.1, -0.05) is 18.2 Å². The van der Waals surface area contributed by atoms with Gasteiger partial charge in [-0.2, -0.15) is 0 Å². The molecule has 1 heterocycles. The van der Waals surface area contributed by atoms with Crippen molar-refractivity contribution in [3.63, 3.8) is 0 Å². The summed E-state index contributed by atoms with van der Waals surface area (Å²) in [5.74, 6) is 0. The molecule has 0 atom stereocenters. The molecule has 3 N–H and O–H groups in total. The number of nitrogens with two attached hydrogens (primary N) is 1. The van der Waals surface area contributed by atoms with Gasteiger partial charge < -0.3 is 15.6 Å². The van der Waals surface area contributed by atoms with E-state index in [1.54, 1.807) is 0 Å². The van der Waals surface area contributed by atoms with Crippen molar-refractivity contribution in [2.45, 2.75) is 0 Å². The molecular weight excluding hydrogens is 262 g/mol. The van der Waals surface area contributed by atoms with Crippen LogP contribution in [0.1, 0.15) is 0 Å². The van der Waals surface area contributed by atoms with E-state index in [4.69, 9.17) is 5.73 Å². The molecule has 0 unspecified atom stereocenters. The summed E-state index contributed by atoms with van der Waals surface area (Å²) in [7, 11) is 3.91. The Kier molecular flexibility index (Phi) is 3.14. The van der Waals surface area contributed by atoms with Gasteiger partial charge in [-0.25, -0.2) is 0 Å². The second-order valence-electron chi connectivity index (χ2n) is 5.30. The predicted molar refractivity (Wildman–Crippen MR) is 88.7 cm³/mol. The summed E-state index contributed by atoms with van der Waals surface area (Å²) in [6.07, 6.45) is 0. The van der Waals surface area contributed by atoms with Gasteiger partial charge in [0, 0.05) is 42.1 Å². The van der Waals surface area contributed by atoms with Crippen molar-refractivity contribution in [1.29, 1.82) is 0 Å². The zero-order chi connectivity index (χ0) is 15.0. The Morgan fingerprint density at radius 1 is 1.05 bits per heavy atom. The number of fused-ring (bicyclic) bond motifs is 1. The Hall–Kier alpha value is -2.75. The summed E-state index contributed by atoms with van der Waals surface area (Å²) in [6.45, 7) is 0. The molecule has 0 fully saturated rings. The fraction of sp³-hybridized carbons (Fsp3) is 0.118. The minimum Gasteiger partial charge on any atom is -0.399 e. The van der Waals surface area contributed by atoms with Crippen molar-refractivity contribution >= 4 is 22.1 Å². The number of aromatic nitrogens is 1. The molecule has 2 aromatic carbocycles. The van der Waals surface area contributed by atoms with Gasteiger partial charge >= 0.3 is 0 Å². The number of nitrogens with one attached hydrogen (secondary N) is 1. The van der Waals surface area contributed by atoms with E-state index < -0.39 is 0 Å². The molecule has 0 saturated heterocycles. The van der Waals surface area contributed by atoms with Crippen molar-refractivity contribution in [1.82, 2.24) is 4.98 Å². The van der Waals surface area contributed by atoms with Gasteiger partial charge in [-0.3, -0.25) is 4.79 Å². The number of pyridine rings is 1. The zero-order valence-corrected chi connectivity index (χ0v) is 12.1. The highest BCUT2D eigenvalue weighted by Gasteiger charge is 2.06. The molecule has 4 nitrogen and oxygen atoms in total. The van der Waals surface area contributed by atoms with Gasteiger partial charge in [-0.05, 0) is 35.7 Å². The lowest BCUT2D eigenvalue weighted by atomic mass is 10.1. The second-order valence-corrected chi connectivity index (χ2v) is 5.30. The van der Waals surface area contributed by atoms with Crippen molar-refractivity contribution in [2.24, 2.45) is 0 Å². The number of nitrogen functional groups attached to an aromatic ring is 1. The molecule has 0 spiro atoms. The maximum absolute atomic E-state index is 12.3. The van der Waals surface area contributed by atoms with Crippen LogP contribution in [0.15, 0.2) is 53.3 Å². The average molecular weight is 279 g/mol. The molecular formula is C17H17N3O. The number of benzene rings is 2. The van der Waals surface area contributed by atoms with E-state index >= 15 is 0 Å². The number of anilines is 2. The maximum Gasteiger partial charge on any atom is 0.256 e. The third-order valence-electron chi connectivity index (χ3n) is 3.54. The van der Waals surface area contributed by atoms with Crippen LogP contribution in [-0.4, -0.2) is 19.1 Å². The van der Waals surface area contributed by atoms with Gasteiger partial charge in [-0.15, -0.1) is 0 Å². The molecule has 106 valence electrons. The van der Waals surface area contributed by atoms with Crippen LogP contribution in [0, 0.1) is 0 Å². The minimum atomic E-state index is -0.0892. The normalized spacial score (nSPS) is 10.8. The van der Waals surface area contributed by atoms with E-state index in [2.05, 4.69) is 4.98 Å². The maximum atomic E-state index is 12.3. The number of hydrogen-bond acceptors (Lipinski definition) is 3. The van der Waals surface area contributed by atoms with Crippen LogP contribution in [0.2, 0.25) is 0 Å². The van der Waals surface area contributed by atoms with Gasteiger partial charge in [0.25, 0.3) is 5.56 Å². The van der Waals surface area contributed by atoms with Gasteiger partial charge in [0.1, 0.15) is 0 Å². The lowest BCUT2D eigenvalue weighted by Gasteiger charge is -2.13. The average Bonchev–Trinajstić information content (AvgIpc) is 2.46. The Morgan fingerprint density at radius 3 is 2.57 bits per heavy atom. The van der Waals surface area contributed by atoms with Crippen LogP contribution in [0.5, 0.6) is 0 Å². The molecule has 0 saturated carbocycles. The number of nitrogens with zero attached hydrogens (tertiary/aromatic N) is 1. The fourth-order valence-electron chi connectivity index (χ4n) is 2.39. The standard InChI is InChI=1S/C17H17N3O/c1-20(2)14-7-6-11-9-16(19-17(21)15(11)10-14)12-4-3-5-13(18)8-12/h3-10H,18H2,1-2H3,(H,19,21). The van der Waals surface area contributed by atoms with Crippen LogP contribution >= 0.6 is 0 Å². The number of aromatic amines is 1. The molecule has 0 aliphatic carbocycles. The molecule has 0 amide bonds. The molecule has 3 aromatic rings. The topological polar surface area (TPSA) is 62.1 Å². The Morgan fingerprint density at radius 2 is 1.86 bits per heavy atom. The van der Waals surface area contributed by atoms with E-state index in [-0.39, 0.29) is 5.56 Å². The van der Waals surface area contributed by atoms with Crippen molar-refractivity contribution in [2.75, 3.05) is 24.7 Å². The molecule has 3 rings (SSSR count). The van der Waals surface area contributed by atoms with Crippen LogP contribution in [0.4, 0.5) is 11.4 Å². The highest BCUT2D eigenvalue weighted by atomic mass is 16.1. The van der Waals surface area contributed by atoms with E-state index in [1.807, 2.05) is 67.5 Å². The fourth-order valence-corrected chi connectivity index (χ4v) is 2.39. The van der Waals surface area contributed by atoms with Crippen LogP contribution in [0.3, 0.4) is 0 Å². The molecule has 0 bridgehead atoms. The summed E-state index contributed by atoms with van der Waals surface area (Å²) in [6, 6.07) is 15.3. The van der Waals surface area contributed by atoms with Crippen LogP contribution < -0.4 is 16.2 Å². The van der Waals surface area contributed by atoms with Gasteiger partial charge in [0.05, 0.1) is 0 Å². The second kappa shape index (κ2) is 4.98. The van der Waals surface area contributed by atoms with E-state index in [0.717, 1.165) is 22.3 Å². The minimum absolute atomic E-state index is 0.0892. The molecule has 4 heteroatoms. The van der Waals surface area contributed by atoms with Gasteiger partial charge in [0.2, 0.25) is 0 Å². The quantitative estimate of drug-likeness (QED) is 0.709. The molecule has 0 radical (unpaired) electrons.